The fourth-order valence-corrected chi connectivity index (χ4v) is 3.02. The van der Waals surface area contributed by atoms with Crippen molar-refractivity contribution in [2.24, 2.45) is 5.41 Å². The van der Waals surface area contributed by atoms with Crippen molar-refractivity contribution in [2.75, 3.05) is 0 Å². The molecule has 19 heavy (non-hydrogen) atoms. The van der Waals surface area contributed by atoms with Gasteiger partial charge in [0.05, 0.1) is 9.50 Å². The quantitative estimate of drug-likeness (QED) is 0.857. The van der Waals surface area contributed by atoms with Gasteiger partial charge in [-0.25, -0.2) is 0 Å². The van der Waals surface area contributed by atoms with E-state index in [9.17, 15) is 9.90 Å². The fraction of sp³-hybridized carbons (Fsp3) is 0.500. The molecular formula is C14H16BrClO3. The second-order valence-corrected chi connectivity index (χ2v) is 6.22. The van der Waals surface area contributed by atoms with Gasteiger partial charge in [-0.15, -0.1) is 0 Å². The molecule has 0 heterocycles. The minimum absolute atomic E-state index is 0.347. The number of carboxylic acids is 1. The molecule has 1 aromatic rings. The van der Waals surface area contributed by atoms with E-state index >= 15 is 0 Å². The predicted octanol–water partition coefficient (Wildman–Crippen LogP) is 4.43. The van der Waals surface area contributed by atoms with E-state index in [1.807, 2.05) is 26.0 Å². The highest BCUT2D eigenvalue weighted by atomic mass is 79.9. The minimum Gasteiger partial charge on any atom is -0.486 e. The van der Waals surface area contributed by atoms with Gasteiger partial charge in [-0.3, -0.25) is 4.79 Å². The van der Waals surface area contributed by atoms with E-state index in [4.69, 9.17) is 16.3 Å². The van der Waals surface area contributed by atoms with Crippen LogP contribution >= 0.6 is 27.5 Å². The first kappa shape index (κ1) is 14.7. The van der Waals surface area contributed by atoms with E-state index in [0.29, 0.717) is 30.0 Å². The first-order valence-corrected chi connectivity index (χ1v) is 7.44. The lowest BCUT2D eigenvalue weighted by Gasteiger charge is -2.25. The lowest BCUT2D eigenvalue weighted by Crippen LogP contribution is -2.34. The molecule has 5 heteroatoms. The molecule has 104 valence electrons. The monoisotopic (exact) mass is 346 g/mol. The molecule has 1 aromatic carbocycles. The van der Waals surface area contributed by atoms with E-state index in [2.05, 4.69) is 15.9 Å². The molecule has 1 atom stereocenters. The Balaban J connectivity index is 2.30. The van der Waals surface area contributed by atoms with E-state index < -0.39 is 11.4 Å². The second-order valence-electron chi connectivity index (χ2n) is 4.98. The maximum atomic E-state index is 11.4. The molecule has 1 fully saturated rings. The number of aliphatic carboxylic acids is 1. The topological polar surface area (TPSA) is 46.5 Å². The molecule has 1 saturated carbocycles. The van der Waals surface area contributed by atoms with Crippen LogP contribution in [0.2, 0.25) is 5.02 Å². The average molecular weight is 348 g/mol. The first-order valence-electron chi connectivity index (χ1n) is 6.27. The maximum absolute atomic E-state index is 11.4. The van der Waals surface area contributed by atoms with Crippen LogP contribution in [0.25, 0.3) is 0 Å². The zero-order valence-electron chi connectivity index (χ0n) is 10.9. The van der Waals surface area contributed by atoms with Crippen molar-refractivity contribution in [3.05, 3.63) is 27.2 Å². The van der Waals surface area contributed by atoms with Gasteiger partial charge in [0.1, 0.15) is 11.5 Å². The molecular weight excluding hydrogens is 332 g/mol. The van der Waals surface area contributed by atoms with Gasteiger partial charge in [-0.2, -0.15) is 0 Å². The van der Waals surface area contributed by atoms with Crippen LogP contribution in [0.5, 0.6) is 5.75 Å². The van der Waals surface area contributed by atoms with Crippen LogP contribution in [0.4, 0.5) is 0 Å². The number of carboxylic acid groups (broad SMARTS) is 1. The van der Waals surface area contributed by atoms with Gasteiger partial charge < -0.3 is 9.84 Å². The van der Waals surface area contributed by atoms with Crippen LogP contribution in [-0.2, 0) is 4.79 Å². The third kappa shape index (κ3) is 2.61. The Morgan fingerprint density at radius 1 is 1.58 bits per heavy atom. The summed E-state index contributed by atoms with van der Waals surface area (Å²) in [6.07, 6.45) is 1.63. The Kier molecular flexibility index (Phi) is 4.11. The van der Waals surface area contributed by atoms with Crippen molar-refractivity contribution >= 4 is 33.5 Å². The lowest BCUT2D eigenvalue weighted by molar-refractivity contribution is -0.147. The third-order valence-corrected chi connectivity index (χ3v) is 4.80. The first-order chi connectivity index (χ1) is 8.92. The van der Waals surface area contributed by atoms with Crippen LogP contribution in [0.1, 0.15) is 31.7 Å². The SMILES string of the molecule is CC[C@H](Oc1c(Br)ccc(C)c1Cl)C1(C(=O)O)CC1. The molecule has 0 amide bonds. The summed E-state index contributed by atoms with van der Waals surface area (Å²) in [6, 6.07) is 3.76. The Bertz CT molecular complexity index is 512. The molecule has 0 saturated heterocycles. The number of halogens is 2. The van der Waals surface area contributed by atoms with Crippen molar-refractivity contribution in [1.29, 1.82) is 0 Å². The number of carbonyl (C=O) groups is 1. The molecule has 1 aliphatic carbocycles. The van der Waals surface area contributed by atoms with Gasteiger partial charge in [0, 0.05) is 0 Å². The Morgan fingerprint density at radius 2 is 2.21 bits per heavy atom. The molecule has 1 aliphatic rings. The Labute approximate surface area is 126 Å². The smallest absolute Gasteiger partial charge is 0.313 e. The summed E-state index contributed by atoms with van der Waals surface area (Å²) in [6.45, 7) is 3.83. The van der Waals surface area contributed by atoms with Gasteiger partial charge in [0.25, 0.3) is 0 Å². The second kappa shape index (κ2) is 5.33. The van der Waals surface area contributed by atoms with Gasteiger partial charge >= 0.3 is 5.97 Å². The van der Waals surface area contributed by atoms with Crippen molar-refractivity contribution in [3.63, 3.8) is 0 Å². The highest BCUT2D eigenvalue weighted by molar-refractivity contribution is 9.10. The Hall–Kier alpha value is -0.740. The largest absolute Gasteiger partial charge is 0.486 e. The summed E-state index contributed by atoms with van der Waals surface area (Å²) < 4.78 is 6.69. The summed E-state index contributed by atoms with van der Waals surface area (Å²) in [5, 5.41) is 9.89. The van der Waals surface area contributed by atoms with Crippen LogP contribution in [-0.4, -0.2) is 17.2 Å². The van der Waals surface area contributed by atoms with Gasteiger partial charge in [0.15, 0.2) is 5.75 Å². The van der Waals surface area contributed by atoms with Crippen molar-refractivity contribution < 1.29 is 14.6 Å². The summed E-state index contributed by atoms with van der Waals surface area (Å²) in [4.78, 5) is 11.4. The summed E-state index contributed by atoms with van der Waals surface area (Å²) in [7, 11) is 0. The van der Waals surface area contributed by atoms with Crippen LogP contribution in [0.15, 0.2) is 16.6 Å². The molecule has 3 nitrogen and oxygen atoms in total. The molecule has 2 rings (SSSR count). The van der Waals surface area contributed by atoms with Crippen molar-refractivity contribution in [3.8, 4) is 5.75 Å². The third-order valence-electron chi connectivity index (χ3n) is 3.70. The number of rotatable bonds is 5. The molecule has 0 aromatic heterocycles. The number of benzene rings is 1. The van der Waals surface area contributed by atoms with E-state index in [-0.39, 0.29) is 6.10 Å². The van der Waals surface area contributed by atoms with Gasteiger partial charge in [-0.1, -0.05) is 24.6 Å². The van der Waals surface area contributed by atoms with Gasteiger partial charge in [-0.05, 0) is 53.7 Å². The van der Waals surface area contributed by atoms with Crippen molar-refractivity contribution in [2.45, 2.75) is 39.2 Å². The summed E-state index contributed by atoms with van der Waals surface area (Å²) in [5.74, 6) is -0.236. The van der Waals surface area contributed by atoms with E-state index in [1.54, 1.807) is 0 Å². The minimum atomic E-state index is -0.778. The molecule has 0 bridgehead atoms. The average Bonchev–Trinajstić information content (AvgIpc) is 3.16. The highest BCUT2D eigenvalue weighted by Crippen LogP contribution is 2.52. The van der Waals surface area contributed by atoms with Crippen molar-refractivity contribution in [1.82, 2.24) is 0 Å². The van der Waals surface area contributed by atoms with E-state index in [1.165, 1.54) is 0 Å². The van der Waals surface area contributed by atoms with Crippen LogP contribution < -0.4 is 4.74 Å². The normalized spacial score (nSPS) is 17.9. The standard InChI is InChI=1S/C14H16BrClO3/c1-3-10(14(6-7-14)13(17)18)19-12-9(15)5-4-8(2)11(12)16/h4-5,10H,3,6-7H2,1-2H3,(H,17,18)/t10-/m0/s1. The highest BCUT2D eigenvalue weighted by Gasteiger charge is 2.57. The summed E-state index contributed by atoms with van der Waals surface area (Å²) >= 11 is 9.65. The zero-order chi connectivity index (χ0) is 14.2. The molecule has 0 unspecified atom stereocenters. The molecule has 1 N–H and O–H groups in total. The maximum Gasteiger partial charge on any atom is 0.313 e. The molecule has 0 aliphatic heterocycles. The predicted molar refractivity (Wildman–Crippen MR) is 77.9 cm³/mol. The number of ether oxygens (including phenoxy) is 1. The van der Waals surface area contributed by atoms with Crippen LogP contribution in [0.3, 0.4) is 0 Å². The number of hydrogen-bond acceptors (Lipinski definition) is 2. The lowest BCUT2D eigenvalue weighted by atomic mass is 9.97. The number of hydrogen-bond donors (Lipinski definition) is 1. The van der Waals surface area contributed by atoms with Gasteiger partial charge in [0.2, 0.25) is 0 Å². The summed E-state index contributed by atoms with van der Waals surface area (Å²) in [5.41, 5.74) is 0.177. The number of aryl methyl sites for hydroxylation is 1. The molecule has 0 radical (unpaired) electrons. The van der Waals surface area contributed by atoms with Crippen LogP contribution in [0, 0.1) is 12.3 Å². The molecule has 0 spiro atoms. The fourth-order valence-electron chi connectivity index (χ4n) is 2.28. The Morgan fingerprint density at radius 3 is 2.68 bits per heavy atom. The zero-order valence-corrected chi connectivity index (χ0v) is 13.2. The van der Waals surface area contributed by atoms with E-state index in [0.717, 1.165) is 10.0 Å².